The topological polar surface area (TPSA) is 74.3 Å². The first-order valence-electron chi connectivity index (χ1n) is 13.1. The maximum absolute atomic E-state index is 13.5. The summed E-state index contributed by atoms with van der Waals surface area (Å²) in [5.74, 6) is 1.19. The average Bonchev–Trinajstić information content (AvgIpc) is 2.93. The number of hydrogen-bond donors (Lipinski definition) is 1. The van der Waals surface area contributed by atoms with E-state index in [2.05, 4.69) is 17.1 Å². The normalized spacial score (nSPS) is 22.1. The van der Waals surface area contributed by atoms with Crippen LogP contribution in [0.25, 0.3) is 0 Å². The molecule has 2 saturated heterocycles. The summed E-state index contributed by atoms with van der Waals surface area (Å²) in [5.41, 5.74) is 3.35. The van der Waals surface area contributed by atoms with Crippen LogP contribution in [0.1, 0.15) is 40.9 Å². The number of nitrogens with one attached hydrogen (secondary N) is 1. The predicted octanol–water partition coefficient (Wildman–Crippen LogP) is 5.39. The van der Waals surface area contributed by atoms with E-state index in [1.807, 2.05) is 60.4 Å². The van der Waals surface area contributed by atoms with E-state index >= 15 is 0 Å². The molecule has 0 saturated carbocycles. The Kier molecular flexibility index (Phi) is 6.30. The summed E-state index contributed by atoms with van der Waals surface area (Å²) in [6.45, 7) is 6.60. The van der Waals surface area contributed by atoms with Crippen LogP contribution in [0.4, 0.5) is 16.2 Å². The number of para-hydroxylation sites is 1. The highest BCUT2D eigenvalue weighted by Crippen LogP contribution is 2.49. The lowest BCUT2D eigenvalue weighted by atomic mass is 9.89. The lowest BCUT2D eigenvalue weighted by Gasteiger charge is -2.50. The molecule has 2 unspecified atom stereocenters. The van der Waals surface area contributed by atoms with E-state index in [9.17, 15) is 9.59 Å². The monoisotopic (exact) mass is 546 g/mol. The van der Waals surface area contributed by atoms with Crippen LogP contribution < -0.4 is 24.6 Å². The molecule has 1 N–H and O–H groups in total. The summed E-state index contributed by atoms with van der Waals surface area (Å²) in [6, 6.07) is 18.4. The minimum absolute atomic E-state index is 0.0589. The number of urea groups is 1. The number of methoxy groups -OCH3 is 1. The highest BCUT2D eigenvalue weighted by molar-refractivity contribution is 6.30. The molecular weight excluding hydrogens is 516 g/mol. The number of amides is 3. The Morgan fingerprint density at radius 1 is 1.08 bits per heavy atom. The first-order valence-corrected chi connectivity index (χ1v) is 13.5. The van der Waals surface area contributed by atoms with Gasteiger partial charge in [0, 0.05) is 54.4 Å². The van der Waals surface area contributed by atoms with Crippen molar-refractivity contribution in [3.05, 3.63) is 82.4 Å². The minimum atomic E-state index is -0.948. The second-order valence-corrected chi connectivity index (χ2v) is 10.9. The number of fused-ring (bicyclic) bond motifs is 4. The largest absolute Gasteiger partial charge is 0.493 e. The molecule has 3 aliphatic heterocycles. The molecular formula is C30H31ClN4O4. The SMILES string of the molecule is COc1cccc2c1OC1(C)CC2NC(=O)N1c1cccc(C(=O)N2CCN(c3cc(Cl)ccc3C)CC2)c1. The number of halogens is 1. The van der Waals surface area contributed by atoms with Gasteiger partial charge in [0.1, 0.15) is 0 Å². The third-order valence-corrected chi connectivity index (χ3v) is 8.15. The standard InChI is InChI=1S/C30H31ClN4O4/c1-19-10-11-21(31)17-25(19)33-12-14-34(15-13-33)28(36)20-6-4-7-22(16-20)35-29(37)32-24-18-30(35,2)39-27-23(24)8-5-9-26(27)38-3/h4-11,16-17,24H,12-15,18H2,1-3H3,(H,32,37). The van der Waals surface area contributed by atoms with Crippen molar-refractivity contribution in [2.24, 2.45) is 0 Å². The van der Waals surface area contributed by atoms with Crippen molar-refractivity contribution in [1.29, 1.82) is 0 Å². The summed E-state index contributed by atoms with van der Waals surface area (Å²) in [7, 11) is 1.60. The number of nitrogens with zero attached hydrogens (tertiary/aromatic N) is 3. The van der Waals surface area contributed by atoms with E-state index in [1.165, 1.54) is 0 Å². The molecule has 0 radical (unpaired) electrons. The quantitative estimate of drug-likeness (QED) is 0.475. The predicted molar refractivity (Wildman–Crippen MR) is 151 cm³/mol. The molecule has 202 valence electrons. The number of piperazine rings is 1. The summed E-state index contributed by atoms with van der Waals surface area (Å²) < 4.78 is 12.0. The van der Waals surface area contributed by atoms with Gasteiger partial charge in [-0.25, -0.2) is 4.79 Å². The van der Waals surface area contributed by atoms with Gasteiger partial charge in [0.05, 0.1) is 18.8 Å². The molecule has 2 bridgehead atoms. The number of anilines is 2. The molecule has 6 rings (SSSR count). The molecule has 3 aliphatic rings. The van der Waals surface area contributed by atoms with Crippen LogP contribution >= 0.6 is 11.6 Å². The second-order valence-electron chi connectivity index (χ2n) is 10.5. The summed E-state index contributed by atoms with van der Waals surface area (Å²) in [6.07, 6.45) is 0.558. The molecule has 0 spiro atoms. The number of rotatable bonds is 4. The Balaban J connectivity index is 1.22. The number of carbonyl (C=O) groups excluding carboxylic acids is 2. The number of aryl methyl sites for hydroxylation is 1. The molecule has 0 aromatic heterocycles. The van der Waals surface area contributed by atoms with Crippen molar-refractivity contribution in [3.63, 3.8) is 0 Å². The molecule has 2 atom stereocenters. The van der Waals surface area contributed by atoms with Gasteiger partial charge in [0.2, 0.25) is 0 Å². The van der Waals surface area contributed by atoms with Gasteiger partial charge in [-0.05, 0) is 55.8 Å². The van der Waals surface area contributed by atoms with Crippen LogP contribution in [0.2, 0.25) is 5.02 Å². The molecule has 3 aromatic carbocycles. The first-order chi connectivity index (χ1) is 18.8. The summed E-state index contributed by atoms with van der Waals surface area (Å²) in [4.78, 5) is 32.7. The number of benzene rings is 3. The van der Waals surface area contributed by atoms with E-state index in [1.54, 1.807) is 24.1 Å². The Hall–Kier alpha value is -3.91. The van der Waals surface area contributed by atoms with Gasteiger partial charge < -0.3 is 24.6 Å². The van der Waals surface area contributed by atoms with Crippen LogP contribution in [-0.4, -0.2) is 55.9 Å². The van der Waals surface area contributed by atoms with Crippen LogP contribution in [0.3, 0.4) is 0 Å². The lowest BCUT2D eigenvalue weighted by molar-refractivity contribution is 0.0349. The van der Waals surface area contributed by atoms with E-state index in [-0.39, 0.29) is 18.0 Å². The Morgan fingerprint density at radius 3 is 2.62 bits per heavy atom. The van der Waals surface area contributed by atoms with Crippen molar-refractivity contribution in [3.8, 4) is 11.5 Å². The lowest BCUT2D eigenvalue weighted by Crippen LogP contribution is -2.65. The van der Waals surface area contributed by atoms with Gasteiger partial charge in [0.25, 0.3) is 5.91 Å². The van der Waals surface area contributed by atoms with Crippen molar-refractivity contribution < 1.29 is 19.1 Å². The fourth-order valence-corrected chi connectivity index (χ4v) is 6.11. The first kappa shape index (κ1) is 25.4. The maximum Gasteiger partial charge on any atom is 0.325 e. The molecule has 39 heavy (non-hydrogen) atoms. The highest BCUT2D eigenvalue weighted by atomic mass is 35.5. The third-order valence-electron chi connectivity index (χ3n) is 7.91. The van der Waals surface area contributed by atoms with Gasteiger partial charge in [-0.1, -0.05) is 35.9 Å². The smallest absolute Gasteiger partial charge is 0.325 e. The highest BCUT2D eigenvalue weighted by Gasteiger charge is 2.50. The van der Waals surface area contributed by atoms with Gasteiger partial charge >= 0.3 is 6.03 Å². The molecule has 0 aliphatic carbocycles. The van der Waals surface area contributed by atoms with Crippen molar-refractivity contribution in [1.82, 2.24) is 10.2 Å². The number of ether oxygens (including phenoxy) is 2. The van der Waals surface area contributed by atoms with Crippen LogP contribution in [0.15, 0.2) is 60.7 Å². The second kappa shape index (κ2) is 9.68. The van der Waals surface area contributed by atoms with E-state index in [4.69, 9.17) is 21.1 Å². The van der Waals surface area contributed by atoms with Crippen molar-refractivity contribution in [2.75, 3.05) is 43.1 Å². The van der Waals surface area contributed by atoms with Crippen molar-refractivity contribution >= 4 is 34.9 Å². The maximum atomic E-state index is 13.5. The minimum Gasteiger partial charge on any atom is -0.493 e. The van der Waals surface area contributed by atoms with Crippen LogP contribution in [-0.2, 0) is 0 Å². The average molecular weight is 547 g/mol. The Labute approximate surface area is 233 Å². The number of hydrogen-bond acceptors (Lipinski definition) is 5. The molecule has 2 fully saturated rings. The zero-order valence-electron chi connectivity index (χ0n) is 22.2. The molecule has 9 heteroatoms. The van der Waals surface area contributed by atoms with E-state index < -0.39 is 5.72 Å². The van der Waals surface area contributed by atoms with Crippen LogP contribution in [0.5, 0.6) is 11.5 Å². The Bertz CT molecular complexity index is 1450. The van der Waals surface area contributed by atoms with Gasteiger partial charge in [-0.2, -0.15) is 0 Å². The van der Waals surface area contributed by atoms with Crippen molar-refractivity contribution in [2.45, 2.75) is 32.0 Å². The zero-order chi connectivity index (χ0) is 27.3. The fraction of sp³-hybridized carbons (Fsp3) is 0.333. The Morgan fingerprint density at radius 2 is 1.85 bits per heavy atom. The van der Waals surface area contributed by atoms with Gasteiger partial charge in [-0.15, -0.1) is 0 Å². The van der Waals surface area contributed by atoms with E-state index in [0.717, 1.165) is 29.9 Å². The fourth-order valence-electron chi connectivity index (χ4n) is 5.95. The van der Waals surface area contributed by atoms with Crippen LogP contribution in [0, 0.1) is 6.92 Å². The number of carbonyl (C=O) groups is 2. The van der Waals surface area contributed by atoms with Gasteiger partial charge in [0.15, 0.2) is 17.2 Å². The summed E-state index contributed by atoms with van der Waals surface area (Å²) in [5, 5.41) is 3.82. The van der Waals surface area contributed by atoms with Gasteiger partial charge in [-0.3, -0.25) is 9.69 Å². The molecule has 3 aromatic rings. The molecule has 8 nitrogen and oxygen atoms in total. The van der Waals surface area contributed by atoms with E-state index in [0.29, 0.717) is 47.3 Å². The molecule has 3 heterocycles. The summed E-state index contributed by atoms with van der Waals surface area (Å²) >= 11 is 6.23. The molecule has 3 amide bonds. The zero-order valence-corrected chi connectivity index (χ0v) is 23.0. The third kappa shape index (κ3) is 4.42.